The molecule has 27 heavy (non-hydrogen) atoms. The third-order valence-electron chi connectivity index (χ3n) is 4.82. The first-order chi connectivity index (χ1) is 13.0. The Hall–Kier alpha value is -3.15. The van der Waals surface area contributed by atoms with Gasteiger partial charge in [-0.1, -0.05) is 56.3 Å². The Morgan fingerprint density at radius 3 is 2.30 bits per heavy atom. The van der Waals surface area contributed by atoms with Crippen molar-refractivity contribution in [3.63, 3.8) is 0 Å². The first kappa shape index (κ1) is 18.6. The largest absolute Gasteiger partial charge is 0.425 e. The number of urea groups is 1. The maximum atomic E-state index is 13.0. The van der Waals surface area contributed by atoms with E-state index in [2.05, 4.69) is 5.32 Å². The van der Waals surface area contributed by atoms with E-state index in [1.165, 1.54) is 0 Å². The molecule has 6 nitrogen and oxygen atoms in total. The van der Waals surface area contributed by atoms with Gasteiger partial charge in [0.1, 0.15) is 17.8 Å². The van der Waals surface area contributed by atoms with E-state index in [-0.39, 0.29) is 0 Å². The number of carbonyl (C=O) groups excluding carboxylic acids is 3. The van der Waals surface area contributed by atoms with Gasteiger partial charge in [0, 0.05) is 0 Å². The second-order valence-electron chi connectivity index (χ2n) is 6.42. The number of imide groups is 1. The number of ether oxygens (including phenoxy) is 1. The van der Waals surface area contributed by atoms with E-state index in [9.17, 15) is 14.4 Å². The van der Waals surface area contributed by atoms with Gasteiger partial charge in [-0.3, -0.25) is 9.69 Å². The molecule has 6 heteroatoms. The number of hydrogen-bond donors (Lipinski definition) is 1. The lowest BCUT2D eigenvalue weighted by atomic mass is 9.87. The Labute approximate surface area is 158 Å². The van der Waals surface area contributed by atoms with Gasteiger partial charge in [0.2, 0.25) is 0 Å². The second-order valence-corrected chi connectivity index (χ2v) is 6.42. The lowest BCUT2D eigenvalue weighted by Crippen LogP contribution is -2.44. The van der Waals surface area contributed by atoms with Gasteiger partial charge in [-0.15, -0.1) is 0 Å². The third kappa shape index (κ3) is 3.56. The summed E-state index contributed by atoms with van der Waals surface area (Å²) < 4.78 is 5.27. The zero-order chi connectivity index (χ0) is 19.4. The average Bonchev–Trinajstić information content (AvgIpc) is 2.94. The van der Waals surface area contributed by atoms with Crippen molar-refractivity contribution >= 4 is 17.9 Å². The minimum atomic E-state index is -1.15. The summed E-state index contributed by atoms with van der Waals surface area (Å²) in [6, 6.07) is 15.6. The molecule has 0 saturated carbocycles. The number of rotatable bonds is 6. The van der Waals surface area contributed by atoms with Crippen molar-refractivity contribution in [2.75, 3.05) is 6.54 Å². The summed E-state index contributed by atoms with van der Waals surface area (Å²) in [5.41, 5.74) is 0.665. The quantitative estimate of drug-likeness (QED) is 0.484. The number of aryl methyl sites for hydroxylation is 1. The summed E-state index contributed by atoms with van der Waals surface area (Å²) in [5, 5.41) is 2.75. The van der Waals surface area contributed by atoms with Gasteiger partial charge >= 0.3 is 12.0 Å². The highest BCUT2D eigenvalue weighted by Crippen LogP contribution is 2.32. The van der Waals surface area contributed by atoms with Crippen LogP contribution in [-0.2, 0) is 21.5 Å². The summed E-state index contributed by atoms with van der Waals surface area (Å²) in [7, 11) is 0. The van der Waals surface area contributed by atoms with Crippen LogP contribution in [0, 0.1) is 0 Å². The van der Waals surface area contributed by atoms with Crippen LogP contribution in [0.25, 0.3) is 0 Å². The highest BCUT2D eigenvalue weighted by molar-refractivity contribution is 6.09. The molecule has 1 heterocycles. The number of hydrogen-bond acceptors (Lipinski definition) is 4. The van der Waals surface area contributed by atoms with Gasteiger partial charge in [-0.25, -0.2) is 9.59 Å². The van der Waals surface area contributed by atoms with E-state index in [1.54, 1.807) is 24.3 Å². The fourth-order valence-electron chi connectivity index (χ4n) is 3.22. The SMILES string of the molecule is CCc1ccc(OC(=O)CN2C(=O)NC(CC)(c3ccccc3)C2=O)cc1. The molecule has 3 amide bonds. The molecule has 1 unspecified atom stereocenters. The van der Waals surface area contributed by atoms with E-state index in [0.29, 0.717) is 17.7 Å². The number of amides is 3. The molecule has 0 bridgehead atoms. The normalized spacial score (nSPS) is 19.1. The van der Waals surface area contributed by atoms with Crippen molar-refractivity contribution in [2.45, 2.75) is 32.2 Å². The van der Waals surface area contributed by atoms with Crippen LogP contribution >= 0.6 is 0 Å². The summed E-state index contributed by atoms with van der Waals surface area (Å²) in [6.07, 6.45) is 1.26. The maximum absolute atomic E-state index is 13.0. The number of nitrogens with one attached hydrogen (secondary N) is 1. The molecule has 1 aliphatic heterocycles. The second kappa shape index (κ2) is 7.61. The predicted octanol–water partition coefficient (Wildman–Crippen LogP) is 3.01. The maximum Gasteiger partial charge on any atom is 0.331 e. The van der Waals surface area contributed by atoms with Gasteiger partial charge in [-0.05, 0) is 36.1 Å². The minimum Gasteiger partial charge on any atom is -0.425 e. The molecule has 1 saturated heterocycles. The Balaban J connectivity index is 1.74. The van der Waals surface area contributed by atoms with E-state index in [4.69, 9.17) is 4.74 Å². The van der Waals surface area contributed by atoms with Gasteiger partial charge in [0.15, 0.2) is 0 Å². The van der Waals surface area contributed by atoms with E-state index in [0.717, 1.165) is 16.9 Å². The molecule has 2 aromatic carbocycles. The summed E-state index contributed by atoms with van der Waals surface area (Å²) in [6.45, 7) is 3.42. The number of esters is 1. The van der Waals surface area contributed by atoms with Crippen LogP contribution in [0.15, 0.2) is 54.6 Å². The first-order valence-corrected chi connectivity index (χ1v) is 8.99. The van der Waals surface area contributed by atoms with Gasteiger partial charge < -0.3 is 10.1 Å². The van der Waals surface area contributed by atoms with E-state index in [1.807, 2.05) is 44.2 Å². The van der Waals surface area contributed by atoms with Gasteiger partial charge in [-0.2, -0.15) is 0 Å². The smallest absolute Gasteiger partial charge is 0.331 e. The van der Waals surface area contributed by atoms with E-state index >= 15 is 0 Å². The minimum absolute atomic E-state index is 0.381. The van der Waals surface area contributed by atoms with Crippen LogP contribution in [0.3, 0.4) is 0 Å². The van der Waals surface area contributed by atoms with Crippen molar-refractivity contribution < 1.29 is 19.1 Å². The molecular formula is C21H22N2O4. The van der Waals surface area contributed by atoms with E-state index < -0.39 is 30.0 Å². The first-order valence-electron chi connectivity index (χ1n) is 8.99. The molecule has 140 valence electrons. The fourth-order valence-corrected chi connectivity index (χ4v) is 3.22. The molecular weight excluding hydrogens is 344 g/mol. The zero-order valence-electron chi connectivity index (χ0n) is 15.4. The molecule has 2 aromatic rings. The van der Waals surface area contributed by atoms with Gasteiger partial charge in [0.05, 0.1) is 0 Å². The molecule has 0 radical (unpaired) electrons. The van der Waals surface area contributed by atoms with Gasteiger partial charge in [0.25, 0.3) is 5.91 Å². The number of nitrogens with zero attached hydrogens (tertiary/aromatic N) is 1. The molecule has 0 spiro atoms. The molecule has 1 atom stereocenters. The standard InChI is InChI=1S/C21H22N2O4/c1-3-15-10-12-17(13-11-15)27-18(24)14-23-19(25)21(4-2,22-20(23)26)16-8-6-5-7-9-16/h5-13H,3-4,14H2,1-2H3,(H,22,26). The third-order valence-corrected chi connectivity index (χ3v) is 4.82. The number of benzene rings is 2. The highest BCUT2D eigenvalue weighted by atomic mass is 16.5. The van der Waals surface area contributed by atoms with Crippen LogP contribution in [0.2, 0.25) is 0 Å². The Kier molecular flexibility index (Phi) is 5.26. The molecule has 0 aliphatic carbocycles. The summed E-state index contributed by atoms with van der Waals surface area (Å²) in [4.78, 5) is 38.5. The van der Waals surface area contributed by atoms with Crippen LogP contribution in [0.5, 0.6) is 5.75 Å². The molecule has 0 aromatic heterocycles. The molecule has 1 aliphatic rings. The Morgan fingerprint density at radius 1 is 1.04 bits per heavy atom. The Morgan fingerprint density at radius 2 is 1.70 bits per heavy atom. The van der Waals surface area contributed by atoms with Crippen LogP contribution in [0.1, 0.15) is 31.4 Å². The number of carbonyl (C=O) groups is 3. The van der Waals surface area contributed by atoms with Crippen LogP contribution in [0.4, 0.5) is 4.79 Å². The lowest BCUT2D eigenvalue weighted by Gasteiger charge is -2.25. The van der Waals surface area contributed by atoms with Crippen LogP contribution in [-0.4, -0.2) is 29.4 Å². The lowest BCUT2D eigenvalue weighted by molar-refractivity contribution is -0.141. The van der Waals surface area contributed by atoms with Crippen molar-refractivity contribution in [2.24, 2.45) is 0 Å². The van der Waals surface area contributed by atoms with Crippen molar-refractivity contribution in [1.29, 1.82) is 0 Å². The monoisotopic (exact) mass is 366 g/mol. The van der Waals surface area contributed by atoms with Crippen molar-refractivity contribution in [3.8, 4) is 5.75 Å². The van der Waals surface area contributed by atoms with Crippen LogP contribution < -0.4 is 10.1 Å². The molecule has 3 rings (SSSR count). The average molecular weight is 366 g/mol. The highest BCUT2D eigenvalue weighted by Gasteiger charge is 2.51. The topological polar surface area (TPSA) is 75.7 Å². The zero-order valence-corrected chi connectivity index (χ0v) is 15.4. The fraction of sp³-hybridized carbons (Fsp3) is 0.286. The predicted molar refractivity (Wildman–Crippen MR) is 100 cm³/mol. The van der Waals surface area contributed by atoms with Crippen molar-refractivity contribution in [3.05, 3.63) is 65.7 Å². The summed E-state index contributed by atoms with van der Waals surface area (Å²) in [5.74, 6) is -0.726. The molecule has 1 fully saturated rings. The molecule has 1 N–H and O–H groups in total. The van der Waals surface area contributed by atoms with Crippen molar-refractivity contribution in [1.82, 2.24) is 10.2 Å². The Bertz CT molecular complexity index is 848. The summed E-state index contributed by atoms with van der Waals surface area (Å²) >= 11 is 0.